The molecule has 0 saturated heterocycles. The fourth-order valence-corrected chi connectivity index (χ4v) is 2.30. The normalized spacial score (nSPS) is 10.6. The number of carbonyl (C=O) groups is 1. The van der Waals surface area contributed by atoms with E-state index in [4.69, 9.17) is 14.6 Å². The van der Waals surface area contributed by atoms with Crippen molar-refractivity contribution in [2.45, 2.75) is 19.8 Å². The lowest BCUT2D eigenvalue weighted by Gasteiger charge is -2.14. The lowest BCUT2D eigenvalue weighted by Crippen LogP contribution is -2.02. The number of nitrogens with zero attached hydrogens (tertiary/aromatic N) is 1. The molecule has 1 N–H and O–H groups in total. The largest absolute Gasteiger partial charge is 0.496 e. The molecule has 0 fully saturated rings. The summed E-state index contributed by atoms with van der Waals surface area (Å²) < 4.78 is 10.8. The molecule has 0 unspecified atom stereocenters. The minimum atomic E-state index is -0.844. The van der Waals surface area contributed by atoms with Crippen LogP contribution in [0.25, 0.3) is 10.9 Å². The van der Waals surface area contributed by atoms with Crippen molar-refractivity contribution in [1.29, 1.82) is 0 Å². The standard InChI is InChI=1S/C15H17NO4/c1-9-8-13(20-3)15-10(4-7-14(17)18)12(19-2)6-5-11(15)16-9/h5-6,8H,4,7H2,1-3H3,(H,17,18). The van der Waals surface area contributed by atoms with Crippen molar-refractivity contribution in [3.8, 4) is 11.5 Å². The zero-order chi connectivity index (χ0) is 14.7. The topological polar surface area (TPSA) is 68.7 Å². The van der Waals surface area contributed by atoms with Crippen LogP contribution in [0.15, 0.2) is 18.2 Å². The molecule has 5 nitrogen and oxygen atoms in total. The molecule has 0 aliphatic carbocycles. The van der Waals surface area contributed by atoms with E-state index in [0.29, 0.717) is 17.9 Å². The van der Waals surface area contributed by atoms with Crippen LogP contribution in [-0.2, 0) is 11.2 Å². The highest BCUT2D eigenvalue weighted by molar-refractivity contribution is 5.91. The van der Waals surface area contributed by atoms with Crippen molar-refractivity contribution < 1.29 is 19.4 Å². The molecule has 0 atom stereocenters. The third-order valence-electron chi connectivity index (χ3n) is 3.16. The predicted octanol–water partition coefficient (Wildman–Crippen LogP) is 2.58. The Morgan fingerprint density at radius 3 is 2.55 bits per heavy atom. The van der Waals surface area contributed by atoms with Crippen LogP contribution in [0.1, 0.15) is 17.7 Å². The van der Waals surface area contributed by atoms with Crippen LogP contribution >= 0.6 is 0 Å². The Labute approximate surface area is 117 Å². The van der Waals surface area contributed by atoms with E-state index in [-0.39, 0.29) is 6.42 Å². The van der Waals surface area contributed by atoms with Gasteiger partial charge in [-0.05, 0) is 25.5 Å². The van der Waals surface area contributed by atoms with Gasteiger partial charge in [-0.2, -0.15) is 0 Å². The molecule has 0 radical (unpaired) electrons. The molecule has 1 aromatic heterocycles. The second-order valence-electron chi connectivity index (χ2n) is 4.50. The van der Waals surface area contributed by atoms with Gasteiger partial charge in [0.25, 0.3) is 0 Å². The quantitative estimate of drug-likeness (QED) is 0.908. The highest BCUT2D eigenvalue weighted by atomic mass is 16.5. The second-order valence-corrected chi connectivity index (χ2v) is 4.50. The van der Waals surface area contributed by atoms with Crippen LogP contribution in [0.4, 0.5) is 0 Å². The summed E-state index contributed by atoms with van der Waals surface area (Å²) in [6.07, 6.45) is 0.406. The fourth-order valence-electron chi connectivity index (χ4n) is 2.30. The number of aryl methyl sites for hydroxylation is 2. The number of methoxy groups -OCH3 is 2. The summed E-state index contributed by atoms with van der Waals surface area (Å²) in [5.74, 6) is 0.498. The van der Waals surface area contributed by atoms with E-state index in [0.717, 1.165) is 22.2 Å². The minimum absolute atomic E-state index is 0.0342. The van der Waals surface area contributed by atoms with Crippen LogP contribution in [0, 0.1) is 6.92 Å². The molecule has 0 saturated carbocycles. The van der Waals surface area contributed by atoms with Gasteiger partial charge in [-0.15, -0.1) is 0 Å². The van der Waals surface area contributed by atoms with Crippen LogP contribution in [-0.4, -0.2) is 30.3 Å². The first kappa shape index (κ1) is 14.1. The van der Waals surface area contributed by atoms with Crippen molar-refractivity contribution in [1.82, 2.24) is 4.98 Å². The average molecular weight is 275 g/mol. The van der Waals surface area contributed by atoms with Crippen molar-refractivity contribution in [2.24, 2.45) is 0 Å². The highest BCUT2D eigenvalue weighted by Gasteiger charge is 2.15. The van der Waals surface area contributed by atoms with Crippen LogP contribution < -0.4 is 9.47 Å². The van der Waals surface area contributed by atoms with E-state index < -0.39 is 5.97 Å². The maximum absolute atomic E-state index is 10.8. The molecule has 0 aliphatic rings. The SMILES string of the molecule is COc1ccc2nc(C)cc(OC)c2c1CCC(=O)O. The Balaban J connectivity index is 2.68. The molecule has 0 aliphatic heterocycles. The monoisotopic (exact) mass is 275 g/mol. The lowest BCUT2D eigenvalue weighted by molar-refractivity contribution is -0.136. The van der Waals surface area contributed by atoms with E-state index in [2.05, 4.69) is 4.98 Å². The maximum atomic E-state index is 10.8. The number of pyridine rings is 1. The third-order valence-corrected chi connectivity index (χ3v) is 3.16. The number of hydrogen-bond donors (Lipinski definition) is 1. The molecule has 20 heavy (non-hydrogen) atoms. The number of carboxylic acid groups (broad SMARTS) is 1. The Morgan fingerprint density at radius 2 is 1.95 bits per heavy atom. The van der Waals surface area contributed by atoms with Crippen molar-refractivity contribution in [2.75, 3.05) is 14.2 Å². The van der Waals surface area contributed by atoms with E-state index in [1.807, 2.05) is 25.1 Å². The number of aromatic nitrogens is 1. The molecular weight excluding hydrogens is 258 g/mol. The van der Waals surface area contributed by atoms with Crippen molar-refractivity contribution in [3.05, 3.63) is 29.5 Å². The fraction of sp³-hybridized carbons (Fsp3) is 0.333. The summed E-state index contributed by atoms with van der Waals surface area (Å²) in [6.45, 7) is 1.89. The van der Waals surface area contributed by atoms with Gasteiger partial charge in [0.1, 0.15) is 11.5 Å². The summed E-state index contributed by atoms with van der Waals surface area (Å²) in [5.41, 5.74) is 2.45. The van der Waals surface area contributed by atoms with Gasteiger partial charge in [-0.1, -0.05) is 0 Å². The number of aliphatic carboxylic acids is 1. The molecule has 2 rings (SSSR count). The number of carboxylic acids is 1. The minimum Gasteiger partial charge on any atom is -0.496 e. The first-order valence-corrected chi connectivity index (χ1v) is 6.29. The Hall–Kier alpha value is -2.30. The van der Waals surface area contributed by atoms with Crippen LogP contribution in [0.2, 0.25) is 0 Å². The second kappa shape index (κ2) is 5.77. The average Bonchev–Trinajstić information content (AvgIpc) is 2.43. The first-order chi connectivity index (χ1) is 9.56. The number of ether oxygens (including phenoxy) is 2. The molecule has 0 spiro atoms. The maximum Gasteiger partial charge on any atom is 0.303 e. The number of fused-ring (bicyclic) bond motifs is 1. The summed E-state index contributed by atoms with van der Waals surface area (Å²) in [5, 5.41) is 9.71. The molecule has 106 valence electrons. The van der Waals surface area contributed by atoms with Crippen molar-refractivity contribution in [3.63, 3.8) is 0 Å². The van der Waals surface area contributed by atoms with E-state index >= 15 is 0 Å². The molecule has 5 heteroatoms. The van der Waals surface area contributed by atoms with Gasteiger partial charge in [0.15, 0.2) is 0 Å². The van der Waals surface area contributed by atoms with Crippen LogP contribution in [0.3, 0.4) is 0 Å². The van der Waals surface area contributed by atoms with E-state index in [1.54, 1.807) is 14.2 Å². The van der Waals surface area contributed by atoms with Gasteiger partial charge in [0.2, 0.25) is 0 Å². The number of benzene rings is 1. The molecule has 1 aromatic carbocycles. The van der Waals surface area contributed by atoms with Gasteiger partial charge >= 0.3 is 5.97 Å². The third kappa shape index (κ3) is 2.66. The van der Waals surface area contributed by atoms with Gasteiger partial charge in [-0.25, -0.2) is 0 Å². The zero-order valence-corrected chi connectivity index (χ0v) is 11.8. The molecule has 2 aromatic rings. The predicted molar refractivity (Wildman–Crippen MR) is 75.5 cm³/mol. The first-order valence-electron chi connectivity index (χ1n) is 6.29. The van der Waals surface area contributed by atoms with Gasteiger partial charge in [0, 0.05) is 29.1 Å². The van der Waals surface area contributed by atoms with Gasteiger partial charge in [0.05, 0.1) is 19.7 Å². The molecular formula is C15H17NO4. The van der Waals surface area contributed by atoms with Gasteiger partial charge < -0.3 is 14.6 Å². The van der Waals surface area contributed by atoms with E-state index in [1.165, 1.54) is 0 Å². The summed E-state index contributed by atoms with van der Waals surface area (Å²) in [7, 11) is 3.16. The Kier molecular flexibility index (Phi) is 4.08. The molecule has 0 amide bonds. The number of rotatable bonds is 5. The molecule has 1 heterocycles. The smallest absolute Gasteiger partial charge is 0.303 e. The van der Waals surface area contributed by atoms with Crippen molar-refractivity contribution >= 4 is 16.9 Å². The molecule has 0 bridgehead atoms. The Bertz CT molecular complexity index is 652. The number of hydrogen-bond acceptors (Lipinski definition) is 4. The zero-order valence-electron chi connectivity index (χ0n) is 11.8. The van der Waals surface area contributed by atoms with Gasteiger partial charge in [-0.3, -0.25) is 9.78 Å². The summed E-state index contributed by atoms with van der Waals surface area (Å²) in [4.78, 5) is 15.3. The lowest BCUT2D eigenvalue weighted by atomic mass is 10.0. The Morgan fingerprint density at radius 1 is 1.25 bits per heavy atom. The van der Waals surface area contributed by atoms with Crippen LogP contribution in [0.5, 0.6) is 11.5 Å². The summed E-state index contributed by atoms with van der Waals surface area (Å²) >= 11 is 0. The summed E-state index contributed by atoms with van der Waals surface area (Å²) in [6, 6.07) is 5.51. The highest BCUT2D eigenvalue weighted by Crippen LogP contribution is 2.35. The van der Waals surface area contributed by atoms with E-state index in [9.17, 15) is 4.79 Å².